The number of benzene rings is 2. The summed E-state index contributed by atoms with van der Waals surface area (Å²) in [4.78, 5) is 17.0. The number of carbonyl (C=O) groups excluding carboxylic acids is 1. The highest BCUT2D eigenvalue weighted by atomic mass is 16.5. The summed E-state index contributed by atoms with van der Waals surface area (Å²) in [6.07, 6.45) is -0.529. The van der Waals surface area contributed by atoms with Crippen LogP contribution in [0.25, 0.3) is 11.3 Å². The van der Waals surface area contributed by atoms with Crippen LogP contribution in [0, 0.1) is 13.8 Å². The first-order valence-corrected chi connectivity index (χ1v) is 11.2. The van der Waals surface area contributed by atoms with E-state index in [0.717, 1.165) is 39.7 Å². The van der Waals surface area contributed by atoms with E-state index in [1.807, 2.05) is 80.3 Å². The van der Waals surface area contributed by atoms with Gasteiger partial charge in [0.05, 0.1) is 12.8 Å². The highest BCUT2D eigenvalue weighted by molar-refractivity contribution is 5.81. The molecule has 7 nitrogen and oxygen atoms in total. The quantitative estimate of drug-likeness (QED) is 0.572. The minimum absolute atomic E-state index is 0.00927. The van der Waals surface area contributed by atoms with E-state index in [4.69, 9.17) is 9.47 Å². The number of piperazine rings is 1. The summed E-state index contributed by atoms with van der Waals surface area (Å²) in [5.74, 6) is 2.37. The van der Waals surface area contributed by atoms with Gasteiger partial charge in [0.25, 0.3) is 5.91 Å². The molecule has 2 aromatic carbocycles. The third-order valence-electron chi connectivity index (χ3n) is 5.93. The van der Waals surface area contributed by atoms with E-state index in [1.165, 1.54) is 0 Å². The molecule has 1 amide bonds. The molecule has 0 spiro atoms. The molecule has 0 N–H and O–H groups in total. The zero-order chi connectivity index (χ0) is 23.4. The summed E-state index contributed by atoms with van der Waals surface area (Å²) in [7, 11) is 1.65. The number of nitrogens with zero attached hydrogens (tertiary/aromatic N) is 4. The van der Waals surface area contributed by atoms with Crippen molar-refractivity contribution in [3.63, 3.8) is 0 Å². The van der Waals surface area contributed by atoms with Gasteiger partial charge in [-0.15, -0.1) is 10.2 Å². The Bertz CT molecular complexity index is 1110. The number of aryl methyl sites for hydroxylation is 2. The van der Waals surface area contributed by atoms with Crippen molar-refractivity contribution in [2.75, 3.05) is 38.2 Å². The van der Waals surface area contributed by atoms with Crippen LogP contribution in [0.1, 0.15) is 18.1 Å². The number of carbonyl (C=O) groups is 1. The van der Waals surface area contributed by atoms with Crippen LogP contribution in [-0.4, -0.2) is 60.4 Å². The molecule has 4 rings (SSSR count). The van der Waals surface area contributed by atoms with Crippen molar-refractivity contribution < 1.29 is 14.3 Å². The Morgan fingerprint density at radius 3 is 2.45 bits per heavy atom. The van der Waals surface area contributed by atoms with Crippen LogP contribution in [-0.2, 0) is 4.79 Å². The first kappa shape index (κ1) is 22.6. The van der Waals surface area contributed by atoms with Crippen LogP contribution in [0.5, 0.6) is 11.5 Å². The molecule has 1 aliphatic rings. The zero-order valence-corrected chi connectivity index (χ0v) is 19.6. The second-order valence-corrected chi connectivity index (χ2v) is 8.35. The second kappa shape index (κ2) is 9.90. The lowest BCUT2D eigenvalue weighted by atomic mass is 10.1. The van der Waals surface area contributed by atoms with Gasteiger partial charge < -0.3 is 19.3 Å². The Morgan fingerprint density at radius 2 is 1.76 bits per heavy atom. The smallest absolute Gasteiger partial charge is 0.263 e. The number of methoxy groups -OCH3 is 1. The second-order valence-electron chi connectivity index (χ2n) is 8.35. The van der Waals surface area contributed by atoms with Crippen LogP contribution in [0.15, 0.2) is 54.6 Å². The molecule has 1 atom stereocenters. The fourth-order valence-corrected chi connectivity index (χ4v) is 3.92. The predicted octanol–water partition coefficient (Wildman–Crippen LogP) is 3.89. The number of ether oxygens (including phenoxy) is 2. The van der Waals surface area contributed by atoms with Crippen molar-refractivity contribution in [2.45, 2.75) is 26.9 Å². The van der Waals surface area contributed by atoms with Crippen molar-refractivity contribution >= 4 is 11.7 Å². The number of anilines is 1. The summed E-state index contributed by atoms with van der Waals surface area (Å²) in [5, 5.41) is 8.82. The van der Waals surface area contributed by atoms with Gasteiger partial charge in [-0.1, -0.05) is 24.3 Å². The van der Waals surface area contributed by atoms with Gasteiger partial charge in [-0.25, -0.2) is 0 Å². The summed E-state index contributed by atoms with van der Waals surface area (Å²) < 4.78 is 11.3. The monoisotopic (exact) mass is 446 g/mol. The molecular weight excluding hydrogens is 416 g/mol. The maximum Gasteiger partial charge on any atom is 0.263 e. The van der Waals surface area contributed by atoms with E-state index < -0.39 is 6.10 Å². The average Bonchev–Trinajstić information content (AvgIpc) is 2.86. The van der Waals surface area contributed by atoms with Crippen molar-refractivity contribution in [3.05, 3.63) is 65.7 Å². The summed E-state index contributed by atoms with van der Waals surface area (Å²) >= 11 is 0. The zero-order valence-electron chi connectivity index (χ0n) is 19.6. The molecule has 3 aromatic rings. The number of aromatic nitrogens is 2. The molecule has 1 fully saturated rings. The van der Waals surface area contributed by atoms with Gasteiger partial charge in [0.2, 0.25) is 0 Å². The van der Waals surface area contributed by atoms with E-state index in [9.17, 15) is 4.79 Å². The summed E-state index contributed by atoms with van der Waals surface area (Å²) in [6, 6.07) is 17.7. The average molecular weight is 447 g/mol. The normalized spacial score (nSPS) is 14.7. The van der Waals surface area contributed by atoms with Gasteiger partial charge in [0.15, 0.2) is 11.9 Å². The third kappa shape index (κ3) is 5.25. The molecule has 0 radical (unpaired) electrons. The van der Waals surface area contributed by atoms with Crippen LogP contribution in [0.4, 0.5) is 5.82 Å². The lowest BCUT2D eigenvalue weighted by Gasteiger charge is -2.36. The molecule has 1 unspecified atom stereocenters. The lowest BCUT2D eigenvalue weighted by Crippen LogP contribution is -2.52. The minimum Gasteiger partial charge on any atom is -0.497 e. The molecule has 1 saturated heterocycles. The number of hydrogen-bond donors (Lipinski definition) is 0. The SMILES string of the molecule is COc1cccc(-c2ccc(N3CCN(C(=O)C(C)Oc4cc(C)ccc4C)CC3)nn2)c1. The van der Waals surface area contributed by atoms with Crippen molar-refractivity contribution in [3.8, 4) is 22.8 Å². The molecule has 2 heterocycles. The van der Waals surface area contributed by atoms with Crippen LogP contribution in [0.3, 0.4) is 0 Å². The fraction of sp³-hybridized carbons (Fsp3) is 0.346. The molecule has 0 saturated carbocycles. The fourth-order valence-electron chi connectivity index (χ4n) is 3.92. The Balaban J connectivity index is 1.34. The first-order valence-electron chi connectivity index (χ1n) is 11.2. The molecule has 1 aromatic heterocycles. The Labute approximate surface area is 195 Å². The van der Waals surface area contributed by atoms with E-state index >= 15 is 0 Å². The maximum absolute atomic E-state index is 12.9. The Kier molecular flexibility index (Phi) is 6.77. The molecule has 1 aliphatic heterocycles. The van der Waals surface area contributed by atoms with Gasteiger partial charge in [-0.3, -0.25) is 4.79 Å². The Hall–Kier alpha value is -3.61. The van der Waals surface area contributed by atoms with Gasteiger partial charge in [-0.2, -0.15) is 0 Å². The number of hydrogen-bond acceptors (Lipinski definition) is 6. The highest BCUT2D eigenvalue weighted by Crippen LogP contribution is 2.24. The summed E-state index contributed by atoms with van der Waals surface area (Å²) in [6.45, 7) is 8.48. The predicted molar refractivity (Wildman–Crippen MR) is 129 cm³/mol. The molecule has 172 valence electrons. The van der Waals surface area contributed by atoms with Gasteiger partial charge in [0, 0.05) is 31.7 Å². The lowest BCUT2D eigenvalue weighted by molar-refractivity contribution is -0.138. The van der Waals surface area contributed by atoms with E-state index in [0.29, 0.717) is 26.2 Å². The number of rotatable bonds is 6. The van der Waals surface area contributed by atoms with Gasteiger partial charge in [0.1, 0.15) is 11.5 Å². The highest BCUT2D eigenvalue weighted by Gasteiger charge is 2.27. The van der Waals surface area contributed by atoms with E-state index in [-0.39, 0.29) is 5.91 Å². The van der Waals surface area contributed by atoms with Crippen molar-refractivity contribution in [2.24, 2.45) is 0 Å². The number of amides is 1. The van der Waals surface area contributed by atoms with Crippen molar-refractivity contribution in [1.82, 2.24) is 15.1 Å². The minimum atomic E-state index is -0.529. The van der Waals surface area contributed by atoms with E-state index in [1.54, 1.807) is 7.11 Å². The van der Waals surface area contributed by atoms with E-state index in [2.05, 4.69) is 15.1 Å². The van der Waals surface area contributed by atoms with Gasteiger partial charge >= 0.3 is 0 Å². The largest absolute Gasteiger partial charge is 0.497 e. The maximum atomic E-state index is 12.9. The van der Waals surface area contributed by atoms with Crippen LogP contribution < -0.4 is 14.4 Å². The first-order chi connectivity index (χ1) is 15.9. The standard InChI is InChI=1S/C26H30N4O3/c1-18-8-9-19(2)24(16-18)33-20(3)26(31)30-14-12-29(13-15-30)25-11-10-23(27-28-25)21-6-5-7-22(17-21)32-4/h5-11,16-17,20H,12-15H2,1-4H3. The Morgan fingerprint density at radius 1 is 0.970 bits per heavy atom. The van der Waals surface area contributed by atoms with Crippen LogP contribution in [0.2, 0.25) is 0 Å². The van der Waals surface area contributed by atoms with Crippen molar-refractivity contribution in [1.29, 1.82) is 0 Å². The molecular formula is C26H30N4O3. The third-order valence-corrected chi connectivity index (χ3v) is 5.93. The summed E-state index contributed by atoms with van der Waals surface area (Å²) in [5.41, 5.74) is 3.90. The molecule has 0 bridgehead atoms. The molecule has 33 heavy (non-hydrogen) atoms. The topological polar surface area (TPSA) is 67.8 Å². The van der Waals surface area contributed by atoms with Crippen LogP contribution >= 0.6 is 0 Å². The molecule has 0 aliphatic carbocycles. The van der Waals surface area contributed by atoms with Gasteiger partial charge in [-0.05, 0) is 62.2 Å². The molecule has 7 heteroatoms.